The second kappa shape index (κ2) is 12.4. The number of hydrogen-bond acceptors (Lipinski definition) is 7. The molecule has 1 heterocycles. The Morgan fingerprint density at radius 2 is 1.77 bits per heavy atom. The Morgan fingerprint density at radius 3 is 2.41 bits per heavy atom. The van der Waals surface area contributed by atoms with E-state index >= 15 is 0 Å². The molecule has 0 spiro atoms. The highest BCUT2D eigenvalue weighted by atomic mass is 16.5. The zero-order valence-corrected chi connectivity index (χ0v) is 26.2. The molecule has 2 aliphatic carbocycles. The van der Waals surface area contributed by atoms with Crippen LogP contribution in [0.15, 0.2) is 48.5 Å². The maximum atomic E-state index is 14.1. The van der Waals surface area contributed by atoms with Gasteiger partial charge in [-0.2, -0.15) is 0 Å². The van der Waals surface area contributed by atoms with Crippen LogP contribution < -0.4 is 5.32 Å². The summed E-state index contributed by atoms with van der Waals surface area (Å²) in [6.45, 7) is 9.12. The van der Waals surface area contributed by atoms with Crippen molar-refractivity contribution in [3.05, 3.63) is 59.7 Å². The molecule has 2 bridgehead atoms. The van der Waals surface area contributed by atoms with E-state index in [1.165, 1.54) is 18.2 Å². The van der Waals surface area contributed by atoms with Crippen LogP contribution in [-0.4, -0.2) is 68.8 Å². The zero-order valence-electron chi connectivity index (χ0n) is 26.2. The molecule has 9 nitrogen and oxygen atoms in total. The minimum atomic E-state index is -1.50. The molecule has 1 aliphatic heterocycles. The van der Waals surface area contributed by atoms with Crippen LogP contribution in [0.25, 0.3) is 0 Å². The van der Waals surface area contributed by atoms with Gasteiger partial charge in [0.2, 0.25) is 11.8 Å². The first-order valence-corrected chi connectivity index (χ1v) is 15.9. The van der Waals surface area contributed by atoms with Gasteiger partial charge >= 0.3 is 5.97 Å². The van der Waals surface area contributed by atoms with Crippen LogP contribution in [0.5, 0.6) is 11.5 Å². The number of nitrogens with zero attached hydrogens (tertiary/aromatic N) is 1. The second-order valence-electron chi connectivity index (χ2n) is 13.9. The van der Waals surface area contributed by atoms with Crippen LogP contribution in [0.2, 0.25) is 0 Å². The summed E-state index contributed by atoms with van der Waals surface area (Å²) in [5.41, 5.74) is 1.45. The fourth-order valence-electron chi connectivity index (χ4n) is 7.78. The number of phenolic OH excluding ortho intramolecular Hbond substituents is 2. The molecule has 9 heteroatoms. The molecule has 2 saturated carbocycles. The molecule has 2 aromatic rings. The number of ether oxygens (including phenoxy) is 1. The Kier molecular flexibility index (Phi) is 8.99. The summed E-state index contributed by atoms with van der Waals surface area (Å²) < 4.78 is 6.18. The third-order valence-electron chi connectivity index (χ3n) is 11.1. The average molecular weight is 607 g/mol. The van der Waals surface area contributed by atoms with Crippen molar-refractivity contribution in [3.63, 3.8) is 0 Å². The number of esters is 1. The SMILES string of the molecule is CC(C[C@H](NC(=O)[C@H](O)Cc1ccc(O)c(O)c1)C(=O)N1CCC[C@H]1C(=O)OC1CC2CCC1(C)C2(C)C)c1ccccc1. The van der Waals surface area contributed by atoms with E-state index in [0.29, 0.717) is 30.9 Å². The zero-order chi connectivity index (χ0) is 31.8. The molecule has 5 rings (SSSR count). The minimum absolute atomic E-state index is 0.0891. The number of hydrogen-bond donors (Lipinski definition) is 4. The third-order valence-corrected chi connectivity index (χ3v) is 11.1. The first-order chi connectivity index (χ1) is 20.8. The number of benzene rings is 2. The lowest BCUT2D eigenvalue weighted by atomic mass is 9.70. The Hall–Kier alpha value is -3.59. The lowest BCUT2D eigenvalue weighted by molar-refractivity contribution is -0.165. The molecule has 7 atom stereocenters. The lowest BCUT2D eigenvalue weighted by Gasteiger charge is -2.39. The van der Waals surface area contributed by atoms with Crippen molar-refractivity contribution in [1.29, 1.82) is 0 Å². The predicted octanol–water partition coefficient (Wildman–Crippen LogP) is 4.43. The molecule has 0 aromatic heterocycles. The van der Waals surface area contributed by atoms with Gasteiger partial charge in [-0.05, 0) is 79.0 Å². The highest BCUT2D eigenvalue weighted by Crippen LogP contribution is 2.66. The van der Waals surface area contributed by atoms with E-state index in [0.717, 1.165) is 24.8 Å². The van der Waals surface area contributed by atoms with Crippen LogP contribution in [0, 0.1) is 16.7 Å². The number of aliphatic hydroxyl groups excluding tert-OH is 1. The maximum absolute atomic E-state index is 14.1. The van der Waals surface area contributed by atoms with Gasteiger partial charge in [0.15, 0.2) is 11.5 Å². The molecule has 44 heavy (non-hydrogen) atoms. The Balaban J connectivity index is 1.30. The highest BCUT2D eigenvalue weighted by molar-refractivity contribution is 5.92. The number of amides is 2. The van der Waals surface area contributed by atoms with Gasteiger partial charge in [0.05, 0.1) is 0 Å². The average Bonchev–Trinajstić information content (AvgIpc) is 3.62. The largest absolute Gasteiger partial charge is 0.504 e. The molecular weight excluding hydrogens is 560 g/mol. The van der Waals surface area contributed by atoms with Gasteiger partial charge in [-0.1, -0.05) is 64.1 Å². The summed E-state index contributed by atoms with van der Waals surface area (Å²) in [6.07, 6.45) is 2.65. The number of nitrogens with one attached hydrogen (secondary N) is 1. The van der Waals surface area contributed by atoms with Gasteiger partial charge in [0.25, 0.3) is 0 Å². The monoisotopic (exact) mass is 606 g/mol. The number of carbonyl (C=O) groups excluding carboxylic acids is 3. The number of aromatic hydroxyl groups is 2. The van der Waals surface area contributed by atoms with Gasteiger partial charge in [0.1, 0.15) is 24.3 Å². The number of rotatable bonds is 10. The van der Waals surface area contributed by atoms with Crippen molar-refractivity contribution in [3.8, 4) is 11.5 Å². The topological polar surface area (TPSA) is 136 Å². The van der Waals surface area contributed by atoms with Crippen LogP contribution in [0.1, 0.15) is 83.3 Å². The molecule has 2 amide bonds. The molecular formula is C35H46N2O7. The molecule has 2 aromatic carbocycles. The van der Waals surface area contributed by atoms with Gasteiger partial charge in [-0.15, -0.1) is 0 Å². The predicted molar refractivity (Wildman–Crippen MR) is 165 cm³/mol. The van der Waals surface area contributed by atoms with Gasteiger partial charge in [-0.25, -0.2) is 4.79 Å². The van der Waals surface area contributed by atoms with Crippen molar-refractivity contribution >= 4 is 17.8 Å². The van der Waals surface area contributed by atoms with E-state index in [-0.39, 0.29) is 59.1 Å². The van der Waals surface area contributed by atoms with E-state index in [4.69, 9.17) is 4.74 Å². The molecule has 4 N–H and O–H groups in total. The van der Waals surface area contributed by atoms with E-state index in [2.05, 4.69) is 26.1 Å². The normalized spacial score (nSPS) is 27.5. The smallest absolute Gasteiger partial charge is 0.329 e. The van der Waals surface area contributed by atoms with Gasteiger partial charge in [0, 0.05) is 18.4 Å². The maximum Gasteiger partial charge on any atom is 0.329 e. The van der Waals surface area contributed by atoms with Crippen molar-refractivity contribution < 1.29 is 34.4 Å². The summed E-state index contributed by atoms with van der Waals surface area (Å²) in [6, 6.07) is 12.1. The van der Waals surface area contributed by atoms with Crippen LogP contribution in [-0.2, 0) is 25.5 Å². The molecule has 3 fully saturated rings. The van der Waals surface area contributed by atoms with Crippen LogP contribution in [0.3, 0.4) is 0 Å². The summed E-state index contributed by atoms with van der Waals surface area (Å²) in [7, 11) is 0. The van der Waals surface area contributed by atoms with Crippen molar-refractivity contribution in [2.75, 3.05) is 6.54 Å². The fourth-order valence-corrected chi connectivity index (χ4v) is 7.78. The molecule has 3 aliphatic rings. The number of fused-ring (bicyclic) bond motifs is 2. The number of likely N-dealkylation sites (tertiary alicyclic amines) is 1. The third kappa shape index (κ3) is 6.03. The standard InChI is InChI=1S/C35H46N2O7/c1-21(23-9-6-5-7-10-23)17-25(36-31(41)29(40)19-22-12-13-27(38)28(39)18-22)32(42)37-16-8-11-26(37)33(43)44-30-20-24-14-15-35(30,4)34(24,2)3/h5-7,9-10,12-13,18,21,24-26,29-30,38-40H,8,11,14-17,19-20H2,1-4H3,(H,36,41)/t21?,24?,25-,26-,29+,30?,35?/m0/s1. The number of aliphatic hydroxyl groups is 1. The summed E-state index contributed by atoms with van der Waals surface area (Å²) in [4.78, 5) is 42.5. The van der Waals surface area contributed by atoms with Crippen molar-refractivity contribution in [2.45, 2.75) is 103 Å². The Morgan fingerprint density at radius 1 is 1.05 bits per heavy atom. The van der Waals surface area contributed by atoms with Crippen LogP contribution >= 0.6 is 0 Å². The first-order valence-electron chi connectivity index (χ1n) is 15.9. The lowest BCUT2D eigenvalue weighted by Crippen LogP contribution is -2.54. The van der Waals surface area contributed by atoms with Crippen molar-refractivity contribution in [2.24, 2.45) is 16.7 Å². The summed E-state index contributed by atoms with van der Waals surface area (Å²) >= 11 is 0. The highest BCUT2D eigenvalue weighted by Gasteiger charge is 2.63. The van der Waals surface area contributed by atoms with Gasteiger partial charge < -0.3 is 30.3 Å². The second-order valence-corrected chi connectivity index (χ2v) is 13.9. The summed E-state index contributed by atoms with van der Waals surface area (Å²) in [5.74, 6) is -1.71. The van der Waals surface area contributed by atoms with Crippen LogP contribution in [0.4, 0.5) is 0 Å². The Bertz CT molecular complexity index is 1380. The Labute approximate surface area is 259 Å². The molecule has 0 radical (unpaired) electrons. The molecule has 4 unspecified atom stereocenters. The fraction of sp³-hybridized carbons (Fsp3) is 0.571. The number of phenols is 2. The van der Waals surface area contributed by atoms with E-state index in [1.807, 2.05) is 37.3 Å². The minimum Gasteiger partial charge on any atom is -0.504 e. The summed E-state index contributed by atoms with van der Waals surface area (Å²) in [5, 5.41) is 32.9. The van der Waals surface area contributed by atoms with E-state index in [9.17, 15) is 29.7 Å². The van der Waals surface area contributed by atoms with Crippen molar-refractivity contribution in [1.82, 2.24) is 10.2 Å². The molecule has 1 saturated heterocycles. The van der Waals surface area contributed by atoms with E-state index < -0.39 is 24.1 Å². The van der Waals surface area contributed by atoms with E-state index in [1.54, 1.807) is 4.90 Å². The molecule has 238 valence electrons. The quantitative estimate of drug-likeness (QED) is 0.232. The number of carbonyl (C=O) groups is 3. The first kappa shape index (κ1) is 31.8. The van der Waals surface area contributed by atoms with Gasteiger partial charge in [-0.3, -0.25) is 9.59 Å².